The lowest BCUT2D eigenvalue weighted by molar-refractivity contribution is -0.143. The first-order valence-electron chi connectivity index (χ1n) is 15.3. The summed E-state index contributed by atoms with van der Waals surface area (Å²) in [6.07, 6.45) is 10.3. The monoisotopic (exact) mass is 547 g/mol. The zero-order valence-electron chi connectivity index (χ0n) is 24.1. The van der Waals surface area contributed by atoms with E-state index in [0.29, 0.717) is 18.4 Å². The zero-order chi connectivity index (χ0) is 28.1. The average molecular weight is 548 g/mol. The van der Waals surface area contributed by atoms with E-state index in [1.807, 2.05) is 0 Å². The predicted octanol–water partition coefficient (Wildman–Crippen LogP) is 5.76. The molecule has 3 aliphatic rings. The van der Waals surface area contributed by atoms with E-state index in [9.17, 15) is 14.7 Å². The highest BCUT2D eigenvalue weighted by atomic mass is 16.5. The van der Waals surface area contributed by atoms with E-state index < -0.39 is 17.4 Å². The van der Waals surface area contributed by atoms with Crippen LogP contribution in [0.3, 0.4) is 0 Å². The molecule has 1 atom stereocenters. The number of aryl methyl sites for hydroxylation is 2. The first kappa shape index (κ1) is 28.6. The second-order valence-corrected chi connectivity index (χ2v) is 12.4. The Hall–Kier alpha value is -2.93. The summed E-state index contributed by atoms with van der Waals surface area (Å²) in [5.74, 6) is 0.938. The Labute approximate surface area is 238 Å². The van der Waals surface area contributed by atoms with Gasteiger partial charge in [-0.2, -0.15) is 0 Å². The zero-order valence-corrected chi connectivity index (χ0v) is 24.1. The van der Waals surface area contributed by atoms with E-state index in [0.717, 1.165) is 81.4 Å². The van der Waals surface area contributed by atoms with Crippen LogP contribution in [-0.2, 0) is 32.6 Å². The third-order valence-electron chi connectivity index (χ3n) is 9.34. The molecule has 216 valence electrons. The molecule has 2 fully saturated rings. The first-order valence-corrected chi connectivity index (χ1v) is 15.3. The van der Waals surface area contributed by atoms with Gasteiger partial charge < -0.3 is 20.5 Å². The normalized spacial score (nSPS) is 22.2. The van der Waals surface area contributed by atoms with Crippen molar-refractivity contribution in [2.45, 2.75) is 108 Å². The number of carboxylic acid groups (broad SMARTS) is 1. The number of pyridine rings is 1. The second-order valence-electron chi connectivity index (χ2n) is 12.4. The Bertz CT molecular complexity index is 1170. The molecule has 0 bridgehead atoms. The SMILES string of the molecule is CC(C)c1ccc(C2(C(=O)N[C@@H](CCOC3CC(CCc4ccc5c(n4)NCCC5)C3)C(=O)O)CCCC2)cc1. The number of nitrogens with zero attached hydrogens (tertiary/aromatic N) is 1. The molecule has 1 amide bonds. The van der Waals surface area contributed by atoms with Gasteiger partial charge in [0.15, 0.2) is 0 Å². The van der Waals surface area contributed by atoms with Crippen molar-refractivity contribution in [1.82, 2.24) is 10.3 Å². The lowest BCUT2D eigenvalue weighted by Gasteiger charge is -2.35. The number of hydrogen-bond acceptors (Lipinski definition) is 5. The van der Waals surface area contributed by atoms with Crippen molar-refractivity contribution in [3.05, 3.63) is 58.8 Å². The van der Waals surface area contributed by atoms with Crippen molar-refractivity contribution >= 4 is 17.7 Å². The number of carbonyl (C=O) groups excluding carboxylic acids is 1. The van der Waals surface area contributed by atoms with E-state index in [1.165, 1.54) is 17.5 Å². The van der Waals surface area contributed by atoms with Crippen molar-refractivity contribution in [1.29, 1.82) is 0 Å². The van der Waals surface area contributed by atoms with Gasteiger partial charge in [-0.25, -0.2) is 9.78 Å². The standard InChI is InChI=1S/C33H45N3O4/c1-22(2)24-8-11-26(12-9-24)33(16-3-4-17-33)32(39)36-29(31(37)38)15-19-40-28-20-23(21-28)7-13-27-14-10-25-6-5-18-34-30(25)35-27/h8-12,14,22-23,28-29H,3-7,13,15-21H2,1-2H3,(H,34,35)(H,36,39)(H,37,38)/t23?,28?,29-/m0/s1. The molecule has 1 aliphatic heterocycles. The smallest absolute Gasteiger partial charge is 0.326 e. The quantitative estimate of drug-likeness (QED) is 0.312. The molecule has 0 saturated heterocycles. The van der Waals surface area contributed by atoms with Crippen LogP contribution < -0.4 is 10.6 Å². The molecule has 2 aromatic rings. The molecule has 2 aliphatic carbocycles. The minimum atomic E-state index is -1.00. The number of hydrogen-bond donors (Lipinski definition) is 3. The number of aromatic nitrogens is 1. The summed E-state index contributed by atoms with van der Waals surface area (Å²) < 4.78 is 6.03. The third-order valence-corrected chi connectivity index (χ3v) is 9.34. The van der Waals surface area contributed by atoms with Crippen LogP contribution in [0.5, 0.6) is 0 Å². The van der Waals surface area contributed by atoms with Crippen molar-refractivity contribution in [2.24, 2.45) is 5.92 Å². The van der Waals surface area contributed by atoms with E-state index >= 15 is 0 Å². The minimum Gasteiger partial charge on any atom is -0.480 e. The second kappa shape index (κ2) is 12.7. The molecule has 0 unspecified atom stereocenters. The molecule has 3 N–H and O–H groups in total. The lowest BCUT2D eigenvalue weighted by atomic mass is 9.77. The van der Waals surface area contributed by atoms with Gasteiger partial charge in [-0.1, -0.05) is 57.0 Å². The number of aliphatic carboxylic acids is 1. The van der Waals surface area contributed by atoms with Crippen LogP contribution in [0.15, 0.2) is 36.4 Å². The number of anilines is 1. The minimum absolute atomic E-state index is 0.163. The highest BCUT2D eigenvalue weighted by molar-refractivity contribution is 5.91. The number of nitrogens with one attached hydrogen (secondary N) is 2. The number of ether oxygens (including phenoxy) is 1. The fourth-order valence-electron chi connectivity index (χ4n) is 6.63. The third kappa shape index (κ3) is 6.51. The molecule has 5 rings (SSSR count). The number of rotatable bonds is 12. The average Bonchev–Trinajstić information content (AvgIpc) is 3.44. The Balaban J connectivity index is 1.07. The lowest BCUT2D eigenvalue weighted by Crippen LogP contribution is -2.50. The van der Waals surface area contributed by atoms with Crippen LogP contribution in [0.2, 0.25) is 0 Å². The summed E-state index contributed by atoms with van der Waals surface area (Å²) in [5, 5.41) is 16.2. The number of benzene rings is 1. The maximum atomic E-state index is 13.6. The van der Waals surface area contributed by atoms with Gasteiger partial charge in [0.05, 0.1) is 11.5 Å². The topological polar surface area (TPSA) is 101 Å². The van der Waals surface area contributed by atoms with Crippen LogP contribution in [0.4, 0.5) is 5.82 Å². The summed E-state index contributed by atoms with van der Waals surface area (Å²) in [7, 11) is 0. The molecule has 40 heavy (non-hydrogen) atoms. The van der Waals surface area contributed by atoms with E-state index in [-0.39, 0.29) is 18.4 Å². The summed E-state index contributed by atoms with van der Waals surface area (Å²) in [4.78, 5) is 30.4. The van der Waals surface area contributed by atoms with Gasteiger partial charge in [0, 0.05) is 25.3 Å². The Morgan fingerprint density at radius 3 is 2.55 bits per heavy atom. The Kier molecular flexibility index (Phi) is 9.09. The van der Waals surface area contributed by atoms with Crippen LogP contribution in [-0.4, -0.2) is 47.3 Å². The summed E-state index contributed by atoms with van der Waals surface area (Å²) >= 11 is 0. The predicted molar refractivity (Wildman–Crippen MR) is 157 cm³/mol. The fourth-order valence-corrected chi connectivity index (χ4v) is 6.63. The van der Waals surface area contributed by atoms with Gasteiger partial charge in [-0.05, 0) is 86.0 Å². The number of carboxylic acids is 1. The van der Waals surface area contributed by atoms with Gasteiger partial charge >= 0.3 is 5.97 Å². The maximum Gasteiger partial charge on any atom is 0.326 e. The molecule has 0 spiro atoms. The molecule has 2 heterocycles. The molecule has 2 saturated carbocycles. The molecule has 0 radical (unpaired) electrons. The van der Waals surface area contributed by atoms with E-state index in [1.54, 1.807) is 0 Å². The van der Waals surface area contributed by atoms with Crippen LogP contribution in [0, 0.1) is 5.92 Å². The van der Waals surface area contributed by atoms with Crippen molar-refractivity contribution < 1.29 is 19.4 Å². The maximum absolute atomic E-state index is 13.6. The molecular formula is C33H45N3O4. The molecule has 7 heteroatoms. The highest BCUT2D eigenvalue weighted by Gasteiger charge is 2.44. The molecule has 1 aromatic heterocycles. The first-order chi connectivity index (χ1) is 19.3. The van der Waals surface area contributed by atoms with Crippen molar-refractivity contribution in [3.63, 3.8) is 0 Å². The number of fused-ring (bicyclic) bond motifs is 1. The van der Waals surface area contributed by atoms with Crippen molar-refractivity contribution in [3.8, 4) is 0 Å². The molecule has 1 aromatic carbocycles. The Morgan fingerprint density at radius 2 is 1.85 bits per heavy atom. The van der Waals surface area contributed by atoms with Crippen LogP contribution in [0.25, 0.3) is 0 Å². The molecular weight excluding hydrogens is 502 g/mol. The number of amides is 1. The highest BCUT2D eigenvalue weighted by Crippen LogP contribution is 2.42. The van der Waals surface area contributed by atoms with Gasteiger partial charge in [0.2, 0.25) is 5.91 Å². The summed E-state index contributed by atoms with van der Waals surface area (Å²) in [6.45, 7) is 5.65. The van der Waals surface area contributed by atoms with E-state index in [4.69, 9.17) is 9.72 Å². The van der Waals surface area contributed by atoms with Crippen LogP contribution >= 0.6 is 0 Å². The van der Waals surface area contributed by atoms with Gasteiger partial charge in [0.1, 0.15) is 11.9 Å². The molecule has 7 nitrogen and oxygen atoms in total. The van der Waals surface area contributed by atoms with Gasteiger partial charge in [-0.15, -0.1) is 0 Å². The van der Waals surface area contributed by atoms with Crippen LogP contribution in [0.1, 0.15) is 99.9 Å². The van der Waals surface area contributed by atoms with Crippen molar-refractivity contribution in [2.75, 3.05) is 18.5 Å². The fraction of sp³-hybridized carbons (Fsp3) is 0.606. The largest absolute Gasteiger partial charge is 0.480 e. The number of carbonyl (C=O) groups is 2. The summed E-state index contributed by atoms with van der Waals surface area (Å²) in [6, 6.07) is 11.7. The Morgan fingerprint density at radius 1 is 1.10 bits per heavy atom. The summed E-state index contributed by atoms with van der Waals surface area (Å²) in [5.41, 5.74) is 4.06. The van der Waals surface area contributed by atoms with Gasteiger partial charge in [-0.3, -0.25) is 4.79 Å². The van der Waals surface area contributed by atoms with Gasteiger partial charge in [0.25, 0.3) is 0 Å². The van der Waals surface area contributed by atoms with E-state index in [2.05, 4.69) is 60.9 Å².